The summed E-state index contributed by atoms with van der Waals surface area (Å²) in [7, 11) is 0. The van der Waals surface area contributed by atoms with Crippen molar-refractivity contribution in [3.63, 3.8) is 0 Å². The third kappa shape index (κ3) is 5.52. The van der Waals surface area contributed by atoms with Crippen LogP contribution in [0, 0.1) is 11.8 Å². The third-order valence-electron chi connectivity index (χ3n) is 0.905. The lowest BCUT2D eigenvalue weighted by Crippen LogP contribution is -1.82. The molecule has 0 aliphatic heterocycles. The fourth-order valence-corrected chi connectivity index (χ4v) is 0.463. The molecule has 0 amide bonds. The predicted octanol–water partition coefficient (Wildman–Crippen LogP) is 1.46. The van der Waals surface area contributed by atoms with E-state index >= 15 is 0 Å². The summed E-state index contributed by atoms with van der Waals surface area (Å²) in [6.07, 6.45) is 3.05. The zero-order valence-corrected chi connectivity index (χ0v) is 5.33. The van der Waals surface area contributed by atoms with Gasteiger partial charge in [0.1, 0.15) is 0 Å². The Morgan fingerprint density at radius 3 is 2.62 bits per heavy atom. The van der Waals surface area contributed by atoms with Gasteiger partial charge in [-0.1, -0.05) is 0 Å². The summed E-state index contributed by atoms with van der Waals surface area (Å²) < 4.78 is 0. The third-order valence-corrected chi connectivity index (χ3v) is 0.905. The van der Waals surface area contributed by atoms with Crippen LogP contribution in [0.5, 0.6) is 0 Å². The lowest BCUT2D eigenvalue weighted by molar-refractivity contribution is 0.756. The van der Waals surface area contributed by atoms with E-state index in [1.165, 1.54) is 0 Å². The Morgan fingerprint density at radius 2 is 2.12 bits per heavy atom. The van der Waals surface area contributed by atoms with Gasteiger partial charge in [0, 0.05) is 13.0 Å². The summed E-state index contributed by atoms with van der Waals surface area (Å²) in [6.45, 7) is 2.39. The SMILES string of the molecule is CC#CCCCC[NH]. The quantitative estimate of drug-likeness (QED) is 0.388. The van der Waals surface area contributed by atoms with Gasteiger partial charge in [-0.3, -0.25) is 5.73 Å². The molecule has 0 saturated carbocycles. The average molecular weight is 110 g/mol. The molecule has 1 N–H and O–H groups in total. The molecule has 1 radical (unpaired) electrons. The lowest BCUT2D eigenvalue weighted by Gasteiger charge is -1.86. The maximum Gasteiger partial charge on any atom is 0.0100 e. The second-order valence-electron chi connectivity index (χ2n) is 1.63. The van der Waals surface area contributed by atoms with E-state index < -0.39 is 0 Å². The van der Waals surface area contributed by atoms with Gasteiger partial charge in [-0.05, 0) is 19.8 Å². The van der Waals surface area contributed by atoms with Gasteiger partial charge in [-0.15, -0.1) is 11.8 Å². The van der Waals surface area contributed by atoms with Crippen molar-refractivity contribution >= 4 is 0 Å². The van der Waals surface area contributed by atoms with Crippen LogP contribution in [0.2, 0.25) is 0 Å². The van der Waals surface area contributed by atoms with Crippen molar-refractivity contribution in [3.8, 4) is 11.8 Å². The second kappa shape index (κ2) is 6.52. The Balaban J connectivity index is 2.79. The summed E-state index contributed by atoms with van der Waals surface area (Å²) in [5.41, 5.74) is 6.79. The Morgan fingerprint density at radius 1 is 1.38 bits per heavy atom. The van der Waals surface area contributed by atoms with Crippen molar-refractivity contribution in [2.24, 2.45) is 0 Å². The zero-order chi connectivity index (χ0) is 6.24. The summed E-state index contributed by atoms with van der Waals surface area (Å²) in [4.78, 5) is 0. The zero-order valence-electron chi connectivity index (χ0n) is 5.33. The van der Waals surface area contributed by atoms with E-state index in [2.05, 4.69) is 11.8 Å². The van der Waals surface area contributed by atoms with Gasteiger partial charge in [-0.25, -0.2) is 0 Å². The molecule has 0 unspecified atom stereocenters. The van der Waals surface area contributed by atoms with E-state index in [0.717, 1.165) is 19.3 Å². The Hall–Kier alpha value is -0.480. The van der Waals surface area contributed by atoms with Crippen LogP contribution in [0.3, 0.4) is 0 Å². The van der Waals surface area contributed by atoms with E-state index in [1.807, 2.05) is 6.92 Å². The highest BCUT2D eigenvalue weighted by Crippen LogP contribution is 1.90. The molecular formula is C7H12N. The van der Waals surface area contributed by atoms with E-state index in [1.54, 1.807) is 0 Å². The van der Waals surface area contributed by atoms with E-state index in [-0.39, 0.29) is 0 Å². The van der Waals surface area contributed by atoms with Crippen LogP contribution >= 0.6 is 0 Å². The molecule has 45 valence electrons. The van der Waals surface area contributed by atoms with E-state index in [0.29, 0.717) is 6.54 Å². The van der Waals surface area contributed by atoms with Gasteiger partial charge >= 0.3 is 0 Å². The minimum atomic E-state index is 0.547. The number of nitrogens with one attached hydrogen (secondary N) is 1. The Labute approximate surface area is 51.3 Å². The van der Waals surface area contributed by atoms with Crippen molar-refractivity contribution in [3.05, 3.63) is 0 Å². The highest BCUT2D eigenvalue weighted by atomic mass is 14.5. The molecule has 0 aromatic rings. The molecule has 1 nitrogen and oxygen atoms in total. The summed E-state index contributed by atoms with van der Waals surface area (Å²) in [5, 5.41) is 0. The normalized spacial score (nSPS) is 7.75. The monoisotopic (exact) mass is 110 g/mol. The molecule has 0 aliphatic carbocycles. The van der Waals surface area contributed by atoms with Crippen molar-refractivity contribution in [1.29, 1.82) is 0 Å². The number of hydrogen-bond donors (Lipinski definition) is 0. The molecule has 0 fully saturated rings. The van der Waals surface area contributed by atoms with Crippen molar-refractivity contribution in [1.82, 2.24) is 5.73 Å². The summed E-state index contributed by atoms with van der Waals surface area (Å²) >= 11 is 0. The largest absolute Gasteiger partial charge is 0.258 e. The Kier molecular flexibility index (Phi) is 6.13. The molecule has 0 spiro atoms. The molecule has 0 bridgehead atoms. The average Bonchev–Trinajstić information content (AvgIpc) is 1.81. The van der Waals surface area contributed by atoms with Gasteiger partial charge in [0.25, 0.3) is 0 Å². The van der Waals surface area contributed by atoms with Crippen LogP contribution in [0.15, 0.2) is 0 Å². The molecule has 0 heterocycles. The molecular weight excluding hydrogens is 98.1 g/mol. The summed E-state index contributed by atoms with van der Waals surface area (Å²) in [6, 6.07) is 0. The molecule has 0 atom stereocenters. The first-order valence-electron chi connectivity index (χ1n) is 2.96. The van der Waals surface area contributed by atoms with Crippen molar-refractivity contribution in [2.45, 2.75) is 26.2 Å². The molecule has 0 aromatic heterocycles. The second-order valence-corrected chi connectivity index (χ2v) is 1.63. The van der Waals surface area contributed by atoms with Crippen molar-refractivity contribution < 1.29 is 0 Å². The van der Waals surface area contributed by atoms with Gasteiger partial charge < -0.3 is 0 Å². The van der Waals surface area contributed by atoms with Crippen LogP contribution < -0.4 is 5.73 Å². The molecule has 0 aromatic carbocycles. The molecule has 8 heavy (non-hydrogen) atoms. The number of unbranched alkanes of at least 4 members (excludes halogenated alkanes) is 2. The fraction of sp³-hybridized carbons (Fsp3) is 0.714. The predicted molar refractivity (Wildman–Crippen MR) is 35.3 cm³/mol. The smallest absolute Gasteiger partial charge is 0.0100 e. The standard InChI is InChI=1S/C7H12N/c1-2-3-4-5-6-7-8/h8H,4-7H2,1H3. The van der Waals surface area contributed by atoms with E-state index in [4.69, 9.17) is 5.73 Å². The molecule has 0 rings (SSSR count). The highest BCUT2D eigenvalue weighted by molar-refractivity contribution is 4.94. The van der Waals surface area contributed by atoms with Gasteiger partial charge in [0.05, 0.1) is 0 Å². The first kappa shape index (κ1) is 7.52. The van der Waals surface area contributed by atoms with Crippen LogP contribution in [0.4, 0.5) is 0 Å². The summed E-state index contributed by atoms with van der Waals surface area (Å²) in [5.74, 6) is 5.77. The van der Waals surface area contributed by atoms with Crippen molar-refractivity contribution in [2.75, 3.05) is 6.54 Å². The minimum Gasteiger partial charge on any atom is -0.258 e. The molecule has 0 aliphatic rings. The Bertz CT molecular complexity index is 86.3. The topological polar surface area (TPSA) is 23.8 Å². The highest BCUT2D eigenvalue weighted by Gasteiger charge is 1.79. The van der Waals surface area contributed by atoms with E-state index in [9.17, 15) is 0 Å². The van der Waals surface area contributed by atoms with Crippen LogP contribution in [-0.2, 0) is 0 Å². The minimum absolute atomic E-state index is 0.547. The number of hydrogen-bond acceptors (Lipinski definition) is 0. The van der Waals surface area contributed by atoms with Gasteiger partial charge in [0.15, 0.2) is 0 Å². The van der Waals surface area contributed by atoms with Crippen LogP contribution in [0.25, 0.3) is 0 Å². The molecule has 0 saturated heterocycles. The maximum atomic E-state index is 6.79. The first-order chi connectivity index (χ1) is 3.91. The van der Waals surface area contributed by atoms with Crippen LogP contribution in [-0.4, -0.2) is 6.54 Å². The number of rotatable bonds is 3. The lowest BCUT2D eigenvalue weighted by atomic mass is 10.2. The molecule has 1 heteroatoms. The van der Waals surface area contributed by atoms with Gasteiger partial charge in [0.2, 0.25) is 0 Å². The first-order valence-corrected chi connectivity index (χ1v) is 2.96. The van der Waals surface area contributed by atoms with Crippen LogP contribution in [0.1, 0.15) is 26.2 Å². The maximum absolute atomic E-state index is 6.79. The fourth-order valence-electron chi connectivity index (χ4n) is 0.463. The van der Waals surface area contributed by atoms with Gasteiger partial charge in [-0.2, -0.15) is 0 Å².